The molecule has 8 nitrogen and oxygen atoms in total. The molecule has 0 fully saturated rings. The molecule has 0 saturated heterocycles. The lowest BCUT2D eigenvalue weighted by Crippen LogP contribution is -2.19. The summed E-state index contributed by atoms with van der Waals surface area (Å²) in [7, 11) is 1.75. The molecule has 2 heterocycles. The molecule has 0 saturated carbocycles. The summed E-state index contributed by atoms with van der Waals surface area (Å²) < 4.78 is 46.5. The number of ether oxygens (including phenoxy) is 1. The van der Waals surface area contributed by atoms with E-state index in [0.717, 1.165) is 12.1 Å². The first kappa shape index (κ1) is 24.6. The summed E-state index contributed by atoms with van der Waals surface area (Å²) in [6.07, 6.45) is 0.179. The maximum atomic E-state index is 13.0. The van der Waals surface area contributed by atoms with Gasteiger partial charge in [0, 0.05) is 42.4 Å². The lowest BCUT2D eigenvalue weighted by Gasteiger charge is -2.13. The highest BCUT2D eigenvalue weighted by atomic mass is 35.5. The number of aryl methyl sites for hydroxylation is 1. The first-order valence-electron chi connectivity index (χ1n) is 10.2. The van der Waals surface area contributed by atoms with E-state index in [9.17, 15) is 23.2 Å². The number of hydrogen-bond donors (Lipinski definition) is 2. The van der Waals surface area contributed by atoms with Gasteiger partial charge < -0.3 is 15.4 Å². The predicted molar refractivity (Wildman–Crippen MR) is 127 cm³/mol. The second-order valence-corrected chi connectivity index (χ2v) is 7.85. The number of aromatic nitrogens is 3. The van der Waals surface area contributed by atoms with E-state index in [2.05, 4.69) is 26.8 Å². The number of nitriles is 1. The van der Waals surface area contributed by atoms with Gasteiger partial charge in [-0.3, -0.25) is 9.67 Å². The lowest BCUT2D eigenvalue weighted by atomic mass is 10.1. The van der Waals surface area contributed by atoms with Crippen molar-refractivity contribution in [2.75, 3.05) is 10.6 Å². The van der Waals surface area contributed by atoms with Crippen LogP contribution in [0.1, 0.15) is 11.1 Å². The van der Waals surface area contributed by atoms with Gasteiger partial charge in [-0.1, -0.05) is 11.6 Å². The Labute approximate surface area is 207 Å². The van der Waals surface area contributed by atoms with E-state index in [1.54, 1.807) is 42.3 Å². The Hall–Kier alpha value is -4.56. The lowest BCUT2D eigenvalue weighted by molar-refractivity contribution is -0.137. The molecule has 2 amide bonds. The van der Waals surface area contributed by atoms with Crippen LogP contribution in [0.3, 0.4) is 0 Å². The molecule has 0 aliphatic carbocycles. The summed E-state index contributed by atoms with van der Waals surface area (Å²) in [5.41, 5.74) is 0.546. The van der Waals surface area contributed by atoms with Gasteiger partial charge in [0.2, 0.25) is 0 Å². The molecule has 0 atom stereocenters. The molecular formula is C24H16ClF3N6O2. The zero-order chi connectivity index (χ0) is 25.9. The van der Waals surface area contributed by atoms with Crippen molar-refractivity contribution in [3.8, 4) is 28.8 Å². The van der Waals surface area contributed by atoms with Crippen molar-refractivity contribution in [2.45, 2.75) is 6.18 Å². The highest BCUT2D eigenvalue weighted by molar-refractivity contribution is 6.31. The third-order valence-electron chi connectivity index (χ3n) is 4.87. The molecule has 4 aromatic rings. The minimum Gasteiger partial charge on any atom is -0.456 e. The Kier molecular flexibility index (Phi) is 6.80. The second-order valence-electron chi connectivity index (χ2n) is 7.45. The van der Waals surface area contributed by atoms with Crippen LogP contribution in [0.5, 0.6) is 11.5 Å². The van der Waals surface area contributed by atoms with Gasteiger partial charge in [0.05, 0.1) is 22.5 Å². The van der Waals surface area contributed by atoms with Gasteiger partial charge in [-0.15, -0.1) is 0 Å². The van der Waals surface area contributed by atoms with E-state index in [0.29, 0.717) is 22.7 Å². The topological polar surface area (TPSA) is 105 Å². The van der Waals surface area contributed by atoms with E-state index in [1.165, 1.54) is 24.4 Å². The number of carbonyl (C=O) groups excluding carboxylic acids is 1. The van der Waals surface area contributed by atoms with Crippen LogP contribution in [0.25, 0.3) is 11.3 Å². The van der Waals surface area contributed by atoms with Crippen LogP contribution in [-0.4, -0.2) is 20.8 Å². The summed E-state index contributed by atoms with van der Waals surface area (Å²) in [5.74, 6) is 0.668. The summed E-state index contributed by atoms with van der Waals surface area (Å²) >= 11 is 5.59. The number of carbonyl (C=O) groups is 1. The number of benzene rings is 2. The minimum absolute atomic E-state index is 0.0738. The second kappa shape index (κ2) is 9.97. The van der Waals surface area contributed by atoms with Crippen LogP contribution >= 0.6 is 11.6 Å². The normalized spacial score (nSPS) is 11.0. The fourth-order valence-electron chi connectivity index (χ4n) is 3.25. The molecule has 2 aromatic carbocycles. The fourth-order valence-corrected chi connectivity index (χ4v) is 3.47. The molecule has 0 spiro atoms. The fraction of sp³-hybridized carbons (Fsp3) is 0.0833. The van der Waals surface area contributed by atoms with Crippen molar-refractivity contribution in [1.82, 2.24) is 14.8 Å². The molecule has 36 heavy (non-hydrogen) atoms. The van der Waals surface area contributed by atoms with Gasteiger partial charge >= 0.3 is 12.2 Å². The van der Waals surface area contributed by atoms with Crippen LogP contribution in [0, 0.1) is 11.3 Å². The highest BCUT2D eigenvalue weighted by Gasteiger charge is 2.33. The van der Waals surface area contributed by atoms with Crippen molar-refractivity contribution in [3.05, 3.63) is 83.3 Å². The van der Waals surface area contributed by atoms with Crippen LogP contribution in [0.2, 0.25) is 5.02 Å². The molecule has 12 heteroatoms. The first-order valence-corrected chi connectivity index (χ1v) is 10.6. The zero-order valence-corrected chi connectivity index (χ0v) is 19.2. The third-order valence-corrected chi connectivity index (χ3v) is 5.20. The van der Waals surface area contributed by atoms with E-state index >= 15 is 0 Å². The van der Waals surface area contributed by atoms with Gasteiger partial charge in [-0.2, -0.15) is 23.5 Å². The monoisotopic (exact) mass is 512 g/mol. The Morgan fingerprint density at radius 3 is 2.44 bits per heavy atom. The van der Waals surface area contributed by atoms with Gasteiger partial charge in [0.15, 0.2) is 0 Å². The molecule has 0 aliphatic rings. The number of rotatable bonds is 5. The standard InChI is InChI=1S/C24H16ClF3N6O2/c1-34-13-14(12-31-34)22-18(11-29)21(8-9-30-22)36-17-5-2-15(3-6-17)32-23(35)33-16-4-7-20(25)19(10-16)24(26,27)28/h2-10,12-13H,1H3,(H2,32,33,35). The molecule has 2 N–H and O–H groups in total. The van der Waals surface area contributed by atoms with Gasteiger partial charge in [-0.05, 0) is 42.5 Å². The largest absolute Gasteiger partial charge is 0.456 e. The quantitative estimate of drug-likeness (QED) is 0.319. The molecule has 2 aromatic heterocycles. The Morgan fingerprint density at radius 1 is 1.11 bits per heavy atom. The van der Waals surface area contributed by atoms with Gasteiger partial charge in [-0.25, -0.2) is 4.79 Å². The number of nitrogens with zero attached hydrogens (tertiary/aromatic N) is 4. The van der Waals surface area contributed by atoms with Crippen molar-refractivity contribution in [2.24, 2.45) is 7.05 Å². The molecule has 0 radical (unpaired) electrons. The summed E-state index contributed by atoms with van der Waals surface area (Å²) in [6.45, 7) is 0. The molecule has 182 valence electrons. The van der Waals surface area contributed by atoms with Crippen molar-refractivity contribution in [3.63, 3.8) is 0 Å². The Balaban J connectivity index is 1.44. The predicted octanol–water partition coefficient (Wildman–Crippen LogP) is 6.46. The van der Waals surface area contributed by atoms with E-state index in [1.807, 2.05) is 0 Å². The number of anilines is 2. The van der Waals surface area contributed by atoms with Crippen LogP contribution in [-0.2, 0) is 13.2 Å². The number of alkyl halides is 3. The number of amides is 2. The van der Waals surface area contributed by atoms with E-state index < -0.39 is 22.8 Å². The Morgan fingerprint density at radius 2 is 1.81 bits per heavy atom. The van der Waals surface area contributed by atoms with E-state index in [-0.39, 0.29) is 17.0 Å². The third kappa shape index (κ3) is 5.56. The maximum Gasteiger partial charge on any atom is 0.417 e. The van der Waals surface area contributed by atoms with Crippen molar-refractivity contribution < 1.29 is 22.7 Å². The van der Waals surface area contributed by atoms with Crippen LogP contribution in [0.15, 0.2) is 67.1 Å². The molecule has 0 aliphatic heterocycles. The molecule has 0 unspecified atom stereocenters. The van der Waals surface area contributed by atoms with Crippen molar-refractivity contribution in [1.29, 1.82) is 5.26 Å². The zero-order valence-electron chi connectivity index (χ0n) is 18.5. The minimum atomic E-state index is -4.65. The first-order chi connectivity index (χ1) is 17.1. The summed E-state index contributed by atoms with van der Waals surface area (Å²) in [6, 6.07) is 12.2. The summed E-state index contributed by atoms with van der Waals surface area (Å²) in [4.78, 5) is 16.5. The Bertz CT molecular complexity index is 1460. The number of hydrogen-bond acceptors (Lipinski definition) is 5. The van der Waals surface area contributed by atoms with Crippen molar-refractivity contribution >= 4 is 29.0 Å². The van der Waals surface area contributed by atoms with Crippen LogP contribution in [0.4, 0.5) is 29.3 Å². The number of pyridine rings is 1. The molecular weight excluding hydrogens is 497 g/mol. The summed E-state index contributed by atoms with van der Waals surface area (Å²) in [5, 5.41) is 18.1. The molecule has 4 rings (SSSR count). The highest BCUT2D eigenvalue weighted by Crippen LogP contribution is 2.36. The number of urea groups is 1. The number of halogens is 4. The average molecular weight is 513 g/mol. The van der Waals surface area contributed by atoms with Crippen LogP contribution < -0.4 is 15.4 Å². The maximum absolute atomic E-state index is 13.0. The van der Waals surface area contributed by atoms with Gasteiger partial charge in [0.1, 0.15) is 23.1 Å². The number of nitrogens with one attached hydrogen (secondary N) is 2. The average Bonchev–Trinajstić information content (AvgIpc) is 3.26. The smallest absolute Gasteiger partial charge is 0.417 e. The van der Waals surface area contributed by atoms with E-state index in [4.69, 9.17) is 16.3 Å². The SMILES string of the molecule is Cn1cc(-c2nccc(Oc3ccc(NC(=O)Nc4ccc(Cl)c(C(F)(F)F)c4)cc3)c2C#N)cn1. The van der Waals surface area contributed by atoms with Gasteiger partial charge in [0.25, 0.3) is 0 Å². The molecule has 0 bridgehead atoms.